The van der Waals surface area contributed by atoms with E-state index in [0.29, 0.717) is 12.5 Å². The number of carbonyl (C=O) groups is 1. The van der Waals surface area contributed by atoms with Gasteiger partial charge in [0.15, 0.2) is 6.26 Å². The van der Waals surface area contributed by atoms with E-state index in [1.54, 1.807) is 0 Å². The third kappa shape index (κ3) is 2.26. The van der Waals surface area contributed by atoms with Gasteiger partial charge >= 0.3 is 0 Å². The monoisotopic (exact) mass is 170 g/mol. The number of rotatable bonds is 4. The van der Waals surface area contributed by atoms with Crippen LogP contribution in [-0.2, 0) is 4.79 Å². The molecule has 0 spiro atoms. The molecule has 0 saturated heterocycles. The van der Waals surface area contributed by atoms with Gasteiger partial charge in [-0.3, -0.25) is 4.79 Å². The molecule has 0 aliphatic carbocycles. The maximum Gasteiger partial charge on any atom is 0.299 e. The minimum atomic E-state index is 0.160. The van der Waals surface area contributed by atoms with Gasteiger partial charge in [-0.1, -0.05) is 0 Å². The third-order valence-corrected chi connectivity index (χ3v) is 1.06. The van der Waals surface area contributed by atoms with Gasteiger partial charge in [-0.25, -0.2) is 0 Å². The number of ether oxygens (including phenoxy) is 1. The summed E-state index contributed by atoms with van der Waals surface area (Å²) < 4.78 is 9.36. The van der Waals surface area contributed by atoms with E-state index in [1.165, 1.54) is 6.26 Å². The van der Waals surface area contributed by atoms with E-state index in [4.69, 9.17) is 4.42 Å². The topological polar surface area (TPSA) is 64.4 Å². The summed E-state index contributed by atoms with van der Waals surface area (Å²) in [6, 6.07) is 0.578. The second-order valence-corrected chi connectivity index (χ2v) is 2.50. The molecule has 5 heteroatoms. The number of nitrogens with one attached hydrogen (secondary N) is 1. The number of hydrogen-bond donors (Lipinski definition) is 1. The summed E-state index contributed by atoms with van der Waals surface area (Å²) in [5, 5.41) is 2.91. The molecule has 0 atom stereocenters. The molecule has 0 saturated carbocycles. The molecule has 0 bridgehead atoms. The van der Waals surface area contributed by atoms with Crippen molar-refractivity contribution in [2.45, 2.75) is 19.9 Å². The molecule has 12 heavy (non-hydrogen) atoms. The van der Waals surface area contributed by atoms with Crippen LogP contribution in [0.25, 0.3) is 0 Å². The van der Waals surface area contributed by atoms with E-state index in [9.17, 15) is 4.79 Å². The van der Waals surface area contributed by atoms with Crippen molar-refractivity contribution in [2.24, 2.45) is 0 Å². The van der Waals surface area contributed by atoms with Crippen molar-refractivity contribution in [3.63, 3.8) is 0 Å². The summed E-state index contributed by atoms with van der Waals surface area (Å²) in [6.45, 7) is 4.20. The van der Waals surface area contributed by atoms with Crippen molar-refractivity contribution >= 4 is 12.5 Å². The Balaban J connectivity index is 2.57. The molecular weight excluding hydrogens is 160 g/mol. The fourth-order valence-corrected chi connectivity index (χ4v) is 0.676. The van der Waals surface area contributed by atoms with Crippen LogP contribution in [0.1, 0.15) is 13.8 Å². The Morgan fingerprint density at radius 1 is 1.75 bits per heavy atom. The third-order valence-electron chi connectivity index (χ3n) is 1.06. The Labute approximate surface area is 69.7 Å². The van der Waals surface area contributed by atoms with Crippen LogP contribution in [0.2, 0.25) is 0 Å². The number of nitrogens with zero attached hydrogens (tertiary/aromatic N) is 1. The van der Waals surface area contributed by atoms with Gasteiger partial charge < -0.3 is 14.5 Å². The Bertz CT molecular complexity index is 257. The fraction of sp³-hybridized carbons (Fsp3) is 0.429. The molecule has 1 N–H and O–H groups in total. The molecule has 0 aliphatic heterocycles. The Morgan fingerprint density at radius 3 is 3.08 bits per heavy atom. The summed E-state index contributed by atoms with van der Waals surface area (Å²) in [4.78, 5) is 13.7. The lowest BCUT2D eigenvalue weighted by molar-refractivity contribution is -0.120. The molecule has 5 nitrogen and oxygen atoms in total. The van der Waals surface area contributed by atoms with Crippen LogP contribution in [0.4, 0.5) is 6.01 Å². The number of anilines is 1. The first kappa shape index (κ1) is 8.58. The number of hydrogen-bond acceptors (Lipinski definition) is 5. The lowest BCUT2D eigenvalue weighted by atomic mass is 10.4. The summed E-state index contributed by atoms with van der Waals surface area (Å²) in [5.74, 6) is 0.160. The Kier molecular flexibility index (Phi) is 2.68. The Morgan fingerprint density at radius 2 is 2.50 bits per heavy atom. The van der Waals surface area contributed by atoms with Crippen LogP contribution in [0.3, 0.4) is 0 Å². The van der Waals surface area contributed by atoms with Gasteiger partial charge in [0.05, 0.1) is 0 Å². The summed E-state index contributed by atoms with van der Waals surface area (Å²) in [7, 11) is 0. The van der Waals surface area contributed by atoms with Gasteiger partial charge in [-0.05, 0) is 13.8 Å². The minimum Gasteiger partial charge on any atom is -0.428 e. The molecule has 0 aromatic carbocycles. The van der Waals surface area contributed by atoms with Gasteiger partial charge in [0, 0.05) is 6.04 Å². The standard InChI is InChI=1S/C7H10N2O3/c1-5(2)8-7-9-6(3-11-7)12-4-10/h3-5H,1-2H3,(H,8,9). The first-order valence-corrected chi connectivity index (χ1v) is 3.54. The van der Waals surface area contributed by atoms with Crippen molar-refractivity contribution in [3.05, 3.63) is 6.26 Å². The predicted octanol–water partition coefficient (Wildman–Crippen LogP) is 1.03. The first-order valence-electron chi connectivity index (χ1n) is 3.54. The number of aromatic nitrogens is 1. The highest BCUT2D eigenvalue weighted by Gasteiger charge is 2.04. The van der Waals surface area contributed by atoms with Crippen LogP contribution in [-0.4, -0.2) is 17.5 Å². The van der Waals surface area contributed by atoms with Crippen LogP contribution in [0.15, 0.2) is 10.7 Å². The van der Waals surface area contributed by atoms with Crippen LogP contribution in [0, 0.1) is 0 Å². The van der Waals surface area contributed by atoms with E-state index in [0.717, 1.165) is 0 Å². The van der Waals surface area contributed by atoms with E-state index >= 15 is 0 Å². The van der Waals surface area contributed by atoms with Crippen molar-refractivity contribution < 1.29 is 13.9 Å². The smallest absolute Gasteiger partial charge is 0.299 e. The second kappa shape index (κ2) is 3.75. The van der Waals surface area contributed by atoms with Crippen molar-refractivity contribution in [2.75, 3.05) is 5.32 Å². The van der Waals surface area contributed by atoms with Gasteiger partial charge in [0.25, 0.3) is 18.4 Å². The molecule has 0 unspecified atom stereocenters. The molecule has 1 heterocycles. The average molecular weight is 170 g/mol. The molecule has 0 fully saturated rings. The molecule has 0 amide bonds. The molecule has 1 aromatic heterocycles. The average Bonchev–Trinajstić information content (AvgIpc) is 2.36. The molecule has 66 valence electrons. The first-order chi connectivity index (χ1) is 5.72. The molecule has 0 aliphatic rings. The zero-order chi connectivity index (χ0) is 8.97. The van der Waals surface area contributed by atoms with Crippen molar-refractivity contribution in [1.82, 2.24) is 4.98 Å². The lowest BCUT2D eigenvalue weighted by Gasteiger charge is -2.02. The maximum atomic E-state index is 9.88. The molecule has 1 rings (SSSR count). The predicted molar refractivity (Wildman–Crippen MR) is 42.0 cm³/mol. The van der Waals surface area contributed by atoms with Crippen molar-refractivity contribution in [3.8, 4) is 5.88 Å². The van der Waals surface area contributed by atoms with E-state index in [-0.39, 0.29) is 11.9 Å². The number of oxazole rings is 1. The van der Waals surface area contributed by atoms with Crippen LogP contribution >= 0.6 is 0 Å². The second-order valence-electron chi connectivity index (χ2n) is 2.50. The van der Waals surface area contributed by atoms with Crippen LogP contribution in [0.5, 0.6) is 5.88 Å². The van der Waals surface area contributed by atoms with Crippen molar-refractivity contribution in [1.29, 1.82) is 0 Å². The highest BCUT2D eigenvalue weighted by molar-refractivity contribution is 5.43. The molecular formula is C7H10N2O3. The molecule has 1 aromatic rings. The highest BCUT2D eigenvalue weighted by atomic mass is 16.5. The summed E-state index contributed by atoms with van der Waals surface area (Å²) in [5.41, 5.74) is 0. The number of carbonyl (C=O) groups excluding carboxylic acids is 1. The largest absolute Gasteiger partial charge is 0.428 e. The van der Waals surface area contributed by atoms with E-state index < -0.39 is 0 Å². The van der Waals surface area contributed by atoms with Crippen LogP contribution < -0.4 is 10.1 Å². The van der Waals surface area contributed by atoms with Gasteiger partial charge in [0.1, 0.15) is 0 Å². The lowest BCUT2D eigenvalue weighted by Crippen LogP contribution is -2.09. The van der Waals surface area contributed by atoms with Gasteiger partial charge in [0.2, 0.25) is 0 Å². The fourth-order valence-electron chi connectivity index (χ4n) is 0.676. The zero-order valence-corrected chi connectivity index (χ0v) is 6.90. The molecule has 0 radical (unpaired) electrons. The zero-order valence-electron chi connectivity index (χ0n) is 6.90. The van der Waals surface area contributed by atoms with Gasteiger partial charge in [-0.2, -0.15) is 4.98 Å². The SMILES string of the molecule is CC(C)Nc1nc(OC=O)co1. The maximum absolute atomic E-state index is 9.88. The highest BCUT2D eigenvalue weighted by Crippen LogP contribution is 2.13. The summed E-state index contributed by atoms with van der Waals surface area (Å²) in [6.07, 6.45) is 1.26. The quantitative estimate of drug-likeness (QED) is 0.683. The summed E-state index contributed by atoms with van der Waals surface area (Å²) >= 11 is 0. The normalized spacial score (nSPS) is 9.92. The minimum absolute atomic E-state index is 0.160. The van der Waals surface area contributed by atoms with E-state index in [2.05, 4.69) is 15.0 Å². The van der Waals surface area contributed by atoms with E-state index in [1.807, 2.05) is 13.8 Å². The Hall–Kier alpha value is -1.52. The van der Waals surface area contributed by atoms with Gasteiger partial charge in [-0.15, -0.1) is 0 Å².